The van der Waals surface area contributed by atoms with Gasteiger partial charge in [-0.1, -0.05) is 38.5 Å². The molecule has 0 spiro atoms. The van der Waals surface area contributed by atoms with Crippen LogP contribution in [0.4, 0.5) is 0 Å². The molecule has 1 fully saturated rings. The van der Waals surface area contributed by atoms with E-state index in [1.165, 1.54) is 32.4 Å². The number of ether oxygens (including phenoxy) is 1. The van der Waals surface area contributed by atoms with Gasteiger partial charge in [0.15, 0.2) is 0 Å². The molecule has 1 aliphatic rings. The monoisotopic (exact) mass is 235 g/mol. The van der Waals surface area contributed by atoms with Gasteiger partial charge in [-0.3, -0.25) is 4.90 Å². The molecule has 1 aromatic rings. The molecule has 0 saturated carbocycles. The molecule has 0 radical (unpaired) electrons. The van der Waals surface area contributed by atoms with Crippen LogP contribution in [0.25, 0.3) is 0 Å². The van der Waals surface area contributed by atoms with Crippen molar-refractivity contribution in [3.8, 4) is 5.75 Å². The smallest absolute Gasteiger partial charge is 0.119 e. The molecule has 1 heterocycles. The van der Waals surface area contributed by atoms with E-state index in [2.05, 4.69) is 18.7 Å². The summed E-state index contributed by atoms with van der Waals surface area (Å²) in [5.41, 5.74) is 0. The van der Waals surface area contributed by atoms with Crippen LogP contribution in [-0.2, 0) is 0 Å². The number of likely N-dealkylation sites (tertiary alicyclic amines) is 1. The first-order valence-electron chi connectivity index (χ1n) is 6.77. The predicted octanol–water partition coefficient (Wildman–Crippen LogP) is 3.58. The van der Waals surface area contributed by atoms with Crippen molar-refractivity contribution in [2.45, 2.75) is 33.1 Å². The molecule has 1 aliphatic heterocycles. The summed E-state index contributed by atoms with van der Waals surface area (Å²) in [6, 6.07) is 10.0. The Balaban J connectivity index is 0.000000437. The third-order valence-corrected chi connectivity index (χ3v) is 2.62. The summed E-state index contributed by atoms with van der Waals surface area (Å²) in [6.07, 6.45) is 3.96. The number of rotatable bonds is 4. The van der Waals surface area contributed by atoms with Crippen LogP contribution in [0.15, 0.2) is 30.3 Å². The molecule has 0 amide bonds. The molecule has 96 valence electrons. The van der Waals surface area contributed by atoms with Crippen LogP contribution in [0, 0.1) is 0 Å². The van der Waals surface area contributed by atoms with Gasteiger partial charge >= 0.3 is 0 Å². The van der Waals surface area contributed by atoms with Crippen molar-refractivity contribution in [1.29, 1.82) is 0 Å². The highest BCUT2D eigenvalue weighted by Crippen LogP contribution is 2.09. The molecule has 2 heteroatoms. The third-order valence-electron chi connectivity index (χ3n) is 2.62. The SMILES string of the molecule is CCC.c1ccc(OCCN2CCCC2)cc1. The Kier molecular flexibility index (Phi) is 7.48. The third kappa shape index (κ3) is 6.32. The van der Waals surface area contributed by atoms with Gasteiger partial charge in [0, 0.05) is 6.54 Å². The summed E-state index contributed by atoms with van der Waals surface area (Å²) < 4.78 is 5.63. The average molecular weight is 235 g/mol. The Hall–Kier alpha value is -1.02. The molecule has 17 heavy (non-hydrogen) atoms. The van der Waals surface area contributed by atoms with Gasteiger partial charge in [-0.05, 0) is 38.1 Å². The number of hydrogen-bond donors (Lipinski definition) is 0. The zero-order chi connectivity index (χ0) is 12.3. The second kappa shape index (κ2) is 9.06. The van der Waals surface area contributed by atoms with E-state index >= 15 is 0 Å². The van der Waals surface area contributed by atoms with Crippen molar-refractivity contribution in [2.24, 2.45) is 0 Å². The van der Waals surface area contributed by atoms with Gasteiger partial charge in [0.2, 0.25) is 0 Å². The molecule has 0 aliphatic carbocycles. The van der Waals surface area contributed by atoms with Gasteiger partial charge in [-0.2, -0.15) is 0 Å². The topological polar surface area (TPSA) is 12.5 Å². The van der Waals surface area contributed by atoms with E-state index in [4.69, 9.17) is 4.74 Å². The maximum Gasteiger partial charge on any atom is 0.119 e. The van der Waals surface area contributed by atoms with Crippen LogP contribution in [0.5, 0.6) is 5.75 Å². The Bertz CT molecular complexity index is 268. The summed E-state index contributed by atoms with van der Waals surface area (Å²) >= 11 is 0. The summed E-state index contributed by atoms with van der Waals surface area (Å²) in [5.74, 6) is 0.978. The maximum absolute atomic E-state index is 5.63. The van der Waals surface area contributed by atoms with Crippen LogP contribution < -0.4 is 4.74 Å². The first-order chi connectivity index (χ1) is 8.36. The zero-order valence-corrected chi connectivity index (χ0v) is 11.2. The fourth-order valence-electron chi connectivity index (χ4n) is 1.82. The summed E-state index contributed by atoms with van der Waals surface area (Å²) in [5, 5.41) is 0. The van der Waals surface area contributed by atoms with Crippen molar-refractivity contribution in [1.82, 2.24) is 4.90 Å². The minimum atomic E-state index is 0.810. The lowest BCUT2D eigenvalue weighted by Gasteiger charge is -2.14. The lowest BCUT2D eigenvalue weighted by Crippen LogP contribution is -2.25. The van der Waals surface area contributed by atoms with Crippen LogP contribution in [-0.4, -0.2) is 31.1 Å². The predicted molar refractivity (Wildman–Crippen MR) is 73.6 cm³/mol. The van der Waals surface area contributed by atoms with E-state index in [0.29, 0.717) is 0 Å². The molecular weight excluding hydrogens is 210 g/mol. The number of benzene rings is 1. The van der Waals surface area contributed by atoms with E-state index < -0.39 is 0 Å². The fraction of sp³-hybridized carbons (Fsp3) is 0.600. The fourth-order valence-corrected chi connectivity index (χ4v) is 1.82. The second-order valence-corrected chi connectivity index (χ2v) is 4.42. The molecule has 1 saturated heterocycles. The van der Waals surface area contributed by atoms with E-state index in [0.717, 1.165) is 18.9 Å². The van der Waals surface area contributed by atoms with Crippen molar-refractivity contribution < 1.29 is 4.74 Å². The number of nitrogens with zero attached hydrogens (tertiary/aromatic N) is 1. The van der Waals surface area contributed by atoms with Crippen molar-refractivity contribution in [2.75, 3.05) is 26.2 Å². The molecule has 0 atom stereocenters. The van der Waals surface area contributed by atoms with Gasteiger partial charge in [-0.15, -0.1) is 0 Å². The summed E-state index contributed by atoms with van der Waals surface area (Å²) in [4.78, 5) is 2.46. The standard InChI is InChI=1S/C12H17NO.C3H8/c1-2-6-12(7-3-1)14-11-10-13-8-4-5-9-13;1-3-2/h1-3,6-7H,4-5,8-11H2;3H2,1-2H3. The Morgan fingerprint density at radius 3 is 2.24 bits per heavy atom. The minimum Gasteiger partial charge on any atom is -0.492 e. The quantitative estimate of drug-likeness (QED) is 0.791. The molecule has 0 N–H and O–H groups in total. The largest absolute Gasteiger partial charge is 0.492 e. The van der Waals surface area contributed by atoms with Gasteiger partial charge in [0.05, 0.1) is 0 Å². The summed E-state index contributed by atoms with van der Waals surface area (Å²) in [6.45, 7) is 8.62. The summed E-state index contributed by atoms with van der Waals surface area (Å²) in [7, 11) is 0. The van der Waals surface area contributed by atoms with Crippen LogP contribution in [0.2, 0.25) is 0 Å². The van der Waals surface area contributed by atoms with Crippen LogP contribution >= 0.6 is 0 Å². The van der Waals surface area contributed by atoms with E-state index in [1.54, 1.807) is 0 Å². The highest BCUT2D eigenvalue weighted by atomic mass is 16.5. The van der Waals surface area contributed by atoms with Gasteiger partial charge in [0.25, 0.3) is 0 Å². The number of para-hydroxylation sites is 1. The lowest BCUT2D eigenvalue weighted by atomic mass is 10.3. The van der Waals surface area contributed by atoms with Crippen LogP contribution in [0.3, 0.4) is 0 Å². The highest BCUT2D eigenvalue weighted by molar-refractivity contribution is 5.20. The highest BCUT2D eigenvalue weighted by Gasteiger charge is 2.10. The second-order valence-electron chi connectivity index (χ2n) is 4.42. The molecule has 0 bridgehead atoms. The lowest BCUT2D eigenvalue weighted by molar-refractivity contribution is 0.238. The Morgan fingerprint density at radius 1 is 1.06 bits per heavy atom. The first kappa shape index (κ1) is 14.0. The maximum atomic E-state index is 5.63. The zero-order valence-electron chi connectivity index (χ0n) is 11.2. The minimum absolute atomic E-state index is 0.810. The molecule has 0 aromatic heterocycles. The molecule has 1 aromatic carbocycles. The van der Waals surface area contributed by atoms with Crippen molar-refractivity contribution >= 4 is 0 Å². The van der Waals surface area contributed by atoms with Crippen molar-refractivity contribution in [3.05, 3.63) is 30.3 Å². The van der Waals surface area contributed by atoms with Gasteiger partial charge in [-0.25, -0.2) is 0 Å². The number of hydrogen-bond acceptors (Lipinski definition) is 2. The average Bonchev–Trinajstić information content (AvgIpc) is 2.85. The Labute approximate surface area is 106 Å². The van der Waals surface area contributed by atoms with E-state index in [9.17, 15) is 0 Å². The van der Waals surface area contributed by atoms with E-state index in [1.807, 2.05) is 30.3 Å². The molecular formula is C15H25NO. The Morgan fingerprint density at radius 2 is 1.65 bits per heavy atom. The molecule has 2 rings (SSSR count). The van der Waals surface area contributed by atoms with Crippen molar-refractivity contribution in [3.63, 3.8) is 0 Å². The normalized spacial score (nSPS) is 15.2. The molecule has 0 unspecified atom stereocenters. The van der Waals surface area contributed by atoms with Gasteiger partial charge < -0.3 is 4.74 Å². The van der Waals surface area contributed by atoms with Crippen LogP contribution in [0.1, 0.15) is 33.1 Å². The molecule has 2 nitrogen and oxygen atoms in total. The van der Waals surface area contributed by atoms with E-state index in [-0.39, 0.29) is 0 Å². The van der Waals surface area contributed by atoms with Gasteiger partial charge in [0.1, 0.15) is 12.4 Å². The first-order valence-corrected chi connectivity index (χ1v) is 6.77.